The quantitative estimate of drug-likeness (QED) is 0.201. The van der Waals surface area contributed by atoms with Gasteiger partial charge in [0, 0.05) is 10.7 Å². The zero-order valence-corrected chi connectivity index (χ0v) is 23.4. The third kappa shape index (κ3) is 5.01. The van der Waals surface area contributed by atoms with Gasteiger partial charge in [-0.25, -0.2) is 0 Å². The van der Waals surface area contributed by atoms with Gasteiger partial charge in [-0.2, -0.15) is 0 Å². The van der Waals surface area contributed by atoms with Crippen LogP contribution < -0.4 is 19.8 Å². The van der Waals surface area contributed by atoms with Gasteiger partial charge in [0.05, 0.1) is 30.2 Å². The van der Waals surface area contributed by atoms with Crippen molar-refractivity contribution in [3.8, 4) is 11.5 Å². The molecule has 5 rings (SSSR count). The molecular formula is C32H32ClNO5. The SMILES string of the molecule is CCCCCOc1ccc(C2c3c(oc4ccc(Cl)cc4c3=O)C(=O)N2c2ccc(C)c(C)c2)cc1OCC. The number of amides is 1. The molecule has 0 fully saturated rings. The van der Waals surface area contributed by atoms with Crippen molar-refractivity contribution in [1.82, 2.24) is 0 Å². The first-order valence-corrected chi connectivity index (χ1v) is 13.8. The van der Waals surface area contributed by atoms with E-state index in [2.05, 4.69) is 6.92 Å². The Morgan fingerprint density at radius 1 is 0.897 bits per heavy atom. The number of carbonyl (C=O) groups is 1. The van der Waals surface area contributed by atoms with Crippen LogP contribution in [0.3, 0.4) is 0 Å². The van der Waals surface area contributed by atoms with Crippen LogP contribution in [0.15, 0.2) is 63.8 Å². The molecule has 0 radical (unpaired) electrons. The van der Waals surface area contributed by atoms with Crippen molar-refractivity contribution in [3.05, 3.63) is 97.9 Å². The van der Waals surface area contributed by atoms with Crippen LogP contribution in [0.2, 0.25) is 5.02 Å². The molecule has 202 valence electrons. The Kier molecular flexibility index (Phi) is 7.67. The highest BCUT2D eigenvalue weighted by atomic mass is 35.5. The molecule has 7 heteroatoms. The third-order valence-electron chi connectivity index (χ3n) is 7.19. The maximum Gasteiger partial charge on any atom is 0.295 e. The molecule has 0 saturated carbocycles. The van der Waals surface area contributed by atoms with Crippen molar-refractivity contribution < 1.29 is 18.7 Å². The van der Waals surface area contributed by atoms with Gasteiger partial charge in [-0.15, -0.1) is 0 Å². The fourth-order valence-corrected chi connectivity index (χ4v) is 5.19. The van der Waals surface area contributed by atoms with Gasteiger partial charge in [-0.1, -0.05) is 43.5 Å². The second-order valence-electron chi connectivity index (χ2n) is 9.86. The lowest BCUT2D eigenvalue weighted by Crippen LogP contribution is -2.29. The maximum atomic E-state index is 13.9. The fourth-order valence-electron chi connectivity index (χ4n) is 5.02. The van der Waals surface area contributed by atoms with Crippen molar-refractivity contribution in [3.63, 3.8) is 0 Å². The van der Waals surface area contributed by atoms with Crippen LogP contribution >= 0.6 is 11.6 Å². The van der Waals surface area contributed by atoms with E-state index < -0.39 is 6.04 Å². The summed E-state index contributed by atoms with van der Waals surface area (Å²) < 4.78 is 18.1. The topological polar surface area (TPSA) is 69.0 Å². The van der Waals surface area contributed by atoms with Gasteiger partial charge in [-0.3, -0.25) is 14.5 Å². The minimum atomic E-state index is -0.720. The molecule has 6 nitrogen and oxygen atoms in total. The molecule has 1 unspecified atom stereocenters. The van der Waals surface area contributed by atoms with Crippen molar-refractivity contribution >= 4 is 34.2 Å². The van der Waals surface area contributed by atoms with Crippen molar-refractivity contribution in [1.29, 1.82) is 0 Å². The first-order valence-electron chi connectivity index (χ1n) is 13.4. The molecule has 0 saturated heterocycles. The van der Waals surface area contributed by atoms with Crippen molar-refractivity contribution in [2.45, 2.75) is 53.0 Å². The zero-order valence-electron chi connectivity index (χ0n) is 22.7. The number of hydrogen-bond acceptors (Lipinski definition) is 5. The molecule has 2 heterocycles. The molecule has 1 aromatic heterocycles. The molecule has 0 aliphatic carbocycles. The number of hydrogen-bond donors (Lipinski definition) is 0. The molecule has 0 spiro atoms. The van der Waals surface area contributed by atoms with Gasteiger partial charge in [0.1, 0.15) is 5.58 Å². The third-order valence-corrected chi connectivity index (χ3v) is 7.42. The maximum absolute atomic E-state index is 13.9. The predicted octanol–water partition coefficient (Wildman–Crippen LogP) is 7.78. The predicted molar refractivity (Wildman–Crippen MR) is 155 cm³/mol. The van der Waals surface area contributed by atoms with E-state index in [1.807, 2.05) is 57.2 Å². The lowest BCUT2D eigenvalue weighted by molar-refractivity contribution is 0.0971. The van der Waals surface area contributed by atoms with Gasteiger partial charge in [0.2, 0.25) is 5.76 Å². The highest BCUT2D eigenvalue weighted by Crippen LogP contribution is 2.43. The molecule has 0 N–H and O–H groups in total. The minimum absolute atomic E-state index is 0.0379. The van der Waals surface area contributed by atoms with E-state index in [-0.39, 0.29) is 22.7 Å². The molecule has 0 bridgehead atoms. The standard InChI is InChI=1S/C32H32ClNO5/c1-5-7-8-15-38-26-13-10-21(17-27(26)37-6-2)29-28-30(35)24-18-22(33)11-14-25(24)39-31(28)32(36)34(29)23-12-9-19(3)20(4)16-23/h9-14,16-18,29H,5-8,15H2,1-4H3. The highest BCUT2D eigenvalue weighted by molar-refractivity contribution is 6.31. The first kappa shape index (κ1) is 26.8. The Hall–Kier alpha value is -3.77. The number of ether oxygens (including phenoxy) is 2. The zero-order chi connectivity index (χ0) is 27.7. The Morgan fingerprint density at radius 3 is 2.46 bits per heavy atom. The second-order valence-corrected chi connectivity index (χ2v) is 10.3. The normalized spacial score (nSPS) is 14.6. The summed E-state index contributed by atoms with van der Waals surface area (Å²) in [7, 11) is 0. The van der Waals surface area contributed by atoms with Gasteiger partial charge < -0.3 is 13.9 Å². The summed E-state index contributed by atoms with van der Waals surface area (Å²) >= 11 is 6.23. The van der Waals surface area contributed by atoms with Crippen molar-refractivity contribution in [2.75, 3.05) is 18.1 Å². The van der Waals surface area contributed by atoms with Crippen LogP contribution in [0.25, 0.3) is 11.0 Å². The summed E-state index contributed by atoms with van der Waals surface area (Å²) in [5.74, 6) is 0.873. The van der Waals surface area contributed by atoms with Gasteiger partial charge >= 0.3 is 0 Å². The number of benzene rings is 3. The number of aryl methyl sites for hydroxylation is 2. The summed E-state index contributed by atoms with van der Waals surface area (Å²) in [6, 6.07) is 15.6. The van der Waals surface area contributed by atoms with Crippen LogP contribution in [0.1, 0.15) is 72.0 Å². The van der Waals surface area contributed by atoms with Crippen LogP contribution in [0, 0.1) is 13.8 Å². The molecule has 1 amide bonds. The number of nitrogens with zero attached hydrogens (tertiary/aromatic N) is 1. The summed E-state index contributed by atoms with van der Waals surface area (Å²) in [6.07, 6.45) is 3.14. The minimum Gasteiger partial charge on any atom is -0.490 e. The Morgan fingerprint density at radius 2 is 1.72 bits per heavy atom. The summed E-state index contributed by atoms with van der Waals surface area (Å²) in [6.45, 7) is 9.11. The average molecular weight is 546 g/mol. The number of carbonyl (C=O) groups excluding carboxylic acids is 1. The van der Waals surface area contributed by atoms with E-state index in [0.29, 0.717) is 46.4 Å². The van der Waals surface area contributed by atoms with E-state index in [9.17, 15) is 9.59 Å². The molecule has 3 aromatic carbocycles. The molecule has 1 atom stereocenters. The largest absolute Gasteiger partial charge is 0.490 e. The van der Waals surface area contributed by atoms with Crippen LogP contribution in [0.5, 0.6) is 11.5 Å². The van der Waals surface area contributed by atoms with E-state index in [1.165, 1.54) is 0 Å². The Bertz CT molecular complexity index is 1610. The fraction of sp³-hybridized carbons (Fsp3) is 0.312. The first-order chi connectivity index (χ1) is 18.8. The molecule has 39 heavy (non-hydrogen) atoms. The van der Waals surface area contributed by atoms with E-state index in [0.717, 1.165) is 36.0 Å². The second kappa shape index (κ2) is 11.1. The van der Waals surface area contributed by atoms with Crippen LogP contribution in [0.4, 0.5) is 5.69 Å². The van der Waals surface area contributed by atoms with Gasteiger partial charge in [0.25, 0.3) is 5.91 Å². The smallest absolute Gasteiger partial charge is 0.295 e. The summed E-state index contributed by atoms with van der Waals surface area (Å²) in [4.78, 5) is 29.5. The lowest BCUT2D eigenvalue weighted by Gasteiger charge is -2.26. The number of anilines is 1. The van der Waals surface area contributed by atoms with Crippen LogP contribution in [-0.4, -0.2) is 19.1 Å². The molecule has 1 aliphatic rings. The van der Waals surface area contributed by atoms with Gasteiger partial charge in [0.15, 0.2) is 16.9 Å². The number of halogens is 1. The number of rotatable bonds is 9. The average Bonchev–Trinajstić information content (AvgIpc) is 3.22. The summed E-state index contributed by atoms with van der Waals surface area (Å²) in [5.41, 5.74) is 3.87. The van der Waals surface area contributed by atoms with Crippen LogP contribution in [-0.2, 0) is 0 Å². The highest BCUT2D eigenvalue weighted by Gasteiger charge is 2.44. The Balaban J connectivity index is 1.69. The van der Waals surface area contributed by atoms with E-state index >= 15 is 0 Å². The Labute approximate surface area is 233 Å². The van der Waals surface area contributed by atoms with Gasteiger partial charge in [-0.05, 0) is 86.3 Å². The monoisotopic (exact) mass is 545 g/mol. The van der Waals surface area contributed by atoms with E-state index in [1.54, 1.807) is 23.1 Å². The van der Waals surface area contributed by atoms with E-state index in [4.69, 9.17) is 25.5 Å². The number of unbranched alkanes of at least 4 members (excludes halogenated alkanes) is 2. The van der Waals surface area contributed by atoms with Crippen molar-refractivity contribution in [2.24, 2.45) is 0 Å². The molecule has 4 aromatic rings. The number of fused-ring (bicyclic) bond motifs is 2. The molecular weight excluding hydrogens is 514 g/mol. The lowest BCUT2D eigenvalue weighted by atomic mass is 9.97. The summed E-state index contributed by atoms with van der Waals surface area (Å²) in [5, 5.41) is 0.756. The molecule has 1 aliphatic heterocycles.